The SMILES string of the molecule is COc1cc(OC)cc(-c2cc(O)cc(=O)o2)c1. The summed E-state index contributed by atoms with van der Waals surface area (Å²) in [5, 5.41) is 9.39. The molecule has 0 aliphatic rings. The van der Waals surface area contributed by atoms with E-state index in [1.165, 1.54) is 20.3 Å². The highest BCUT2D eigenvalue weighted by Crippen LogP contribution is 2.30. The fourth-order valence-electron chi connectivity index (χ4n) is 1.56. The Morgan fingerprint density at radius 1 is 1.00 bits per heavy atom. The third-order valence-electron chi connectivity index (χ3n) is 2.39. The number of rotatable bonds is 3. The summed E-state index contributed by atoms with van der Waals surface area (Å²) in [7, 11) is 3.05. The molecule has 0 bridgehead atoms. The van der Waals surface area contributed by atoms with Gasteiger partial charge in [-0.2, -0.15) is 0 Å². The molecule has 94 valence electrons. The number of methoxy groups -OCH3 is 2. The molecule has 1 N–H and O–H groups in total. The molecule has 5 nitrogen and oxygen atoms in total. The van der Waals surface area contributed by atoms with Crippen molar-refractivity contribution in [1.29, 1.82) is 0 Å². The van der Waals surface area contributed by atoms with Gasteiger partial charge in [0, 0.05) is 17.7 Å². The van der Waals surface area contributed by atoms with Crippen molar-refractivity contribution in [2.24, 2.45) is 0 Å². The molecule has 0 saturated heterocycles. The fraction of sp³-hybridized carbons (Fsp3) is 0.154. The van der Waals surface area contributed by atoms with Gasteiger partial charge in [-0.3, -0.25) is 0 Å². The van der Waals surface area contributed by atoms with Crippen LogP contribution < -0.4 is 15.1 Å². The Labute approximate surface area is 103 Å². The molecule has 1 aromatic heterocycles. The Kier molecular flexibility index (Phi) is 3.23. The number of ether oxygens (including phenoxy) is 2. The van der Waals surface area contributed by atoms with Crippen LogP contribution in [0.4, 0.5) is 0 Å². The zero-order valence-electron chi connectivity index (χ0n) is 9.97. The van der Waals surface area contributed by atoms with Crippen LogP contribution in [0.3, 0.4) is 0 Å². The van der Waals surface area contributed by atoms with Crippen LogP contribution >= 0.6 is 0 Å². The summed E-state index contributed by atoms with van der Waals surface area (Å²) in [4.78, 5) is 11.2. The second-order valence-corrected chi connectivity index (χ2v) is 3.60. The van der Waals surface area contributed by atoms with Gasteiger partial charge < -0.3 is 19.0 Å². The molecule has 0 unspecified atom stereocenters. The molecule has 5 heteroatoms. The molecule has 1 aromatic carbocycles. The van der Waals surface area contributed by atoms with E-state index in [9.17, 15) is 9.90 Å². The molecule has 0 aliphatic heterocycles. The molecule has 2 rings (SSSR count). The Hall–Kier alpha value is -2.43. The van der Waals surface area contributed by atoms with Crippen molar-refractivity contribution in [2.75, 3.05) is 14.2 Å². The smallest absolute Gasteiger partial charge is 0.339 e. The van der Waals surface area contributed by atoms with Gasteiger partial charge in [-0.15, -0.1) is 0 Å². The van der Waals surface area contributed by atoms with Crippen molar-refractivity contribution < 1.29 is 19.0 Å². The highest BCUT2D eigenvalue weighted by Gasteiger charge is 2.08. The summed E-state index contributed by atoms with van der Waals surface area (Å²) in [6, 6.07) is 7.42. The summed E-state index contributed by atoms with van der Waals surface area (Å²) in [6.07, 6.45) is 0. The number of benzene rings is 1. The minimum Gasteiger partial charge on any atom is -0.508 e. The van der Waals surface area contributed by atoms with Gasteiger partial charge in [0.05, 0.1) is 20.3 Å². The van der Waals surface area contributed by atoms with Crippen molar-refractivity contribution >= 4 is 0 Å². The predicted molar refractivity (Wildman–Crippen MR) is 65.2 cm³/mol. The van der Waals surface area contributed by atoms with Crippen LogP contribution in [-0.4, -0.2) is 19.3 Å². The molecule has 1 heterocycles. The quantitative estimate of drug-likeness (QED) is 0.900. The second kappa shape index (κ2) is 4.83. The summed E-state index contributed by atoms with van der Waals surface area (Å²) < 4.78 is 15.3. The van der Waals surface area contributed by atoms with E-state index in [-0.39, 0.29) is 11.5 Å². The van der Waals surface area contributed by atoms with Crippen LogP contribution in [0.25, 0.3) is 11.3 Å². The first-order valence-electron chi connectivity index (χ1n) is 5.20. The molecule has 18 heavy (non-hydrogen) atoms. The number of aromatic hydroxyl groups is 1. The van der Waals surface area contributed by atoms with Crippen molar-refractivity contribution in [2.45, 2.75) is 0 Å². The van der Waals surface area contributed by atoms with E-state index in [0.29, 0.717) is 17.1 Å². The lowest BCUT2D eigenvalue weighted by atomic mass is 10.1. The summed E-state index contributed by atoms with van der Waals surface area (Å²) >= 11 is 0. The maximum Gasteiger partial charge on any atom is 0.339 e. The standard InChI is InChI=1S/C13H12O5/c1-16-10-3-8(4-11(7-10)17-2)12-5-9(14)6-13(15)18-12/h3-7,14H,1-2H3. The maximum atomic E-state index is 11.2. The number of hydrogen-bond donors (Lipinski definition) is 1. The van der Waals surface area contributed by atoms with E-state index in [1.54, 1.807) is 18.2 Å². The Bertz CT molecular complexity index is 593. The third kappa shape index (κ3) is 2.45. The summed E-state index contributed by atoms with van der Waals surface area (Å²) in [5.41, 5.74) is -0.0361. The van der Waals surface area contributed by atoms with Crippen molar-refractivity contribution in [3.05, 3.63) is 40.8 Å². The van der Waals surface area contributed by atoms with Gasteiger partial charge in [-0.05, 0) is 12.1 Å². The van der Waals surface area contributed by atoms with E-state index >= 15 is 0 Å². The maximum absolute atomic E-state index is 11.2. The third-order valence-corrected chi connectivity index (χ3v) is 2.39. The van der Waals surface area contributed by atoms with Gasteiger partial charge in [0.15, 0.2) is 0 Å². The first kappa shape index (κ1) is 12.0. The molecule has 0 atom stereocenters. The van der Waals surface area contributed by atoms with E-state index < -0.39 is 5.63 Å². The second-order valence-electron chi connectivity index (χ2n) is 3.60. The molecule has 0 radical (unpaired) electrons. The summed E-state index contributed by atoms with van der Waals surface area (Å²) in [6.45, 7) is 0. The van der Waals surface area contributed by atoms with E-state index in [4.69, 9.17) is 13.9 Å². The highest BCUT2D eigenvalue weighted by atomic mass is 16.5. The normalized spacial score (nSPS) is 10.1. The topological polar surface area (TPSA) is 68.9 Å². The van der Waals surface area contributed by atoms with Gasteiger partial charge in [0.25, 0.3) is 0 Å². The van der Waals surface area contributed by atoms with E-state index in [0.717, 1.165) is 6.07 Å². The minimum absolute atomic E-state index is 0.150. The zero-order chi connectivity index (χ0) is 13.1. The van der Waals surface area contributed by atoms with Crippen LogP contribution in [0.1, 0.15) is 0 Å². The zero-order valence-corrected chi connectivity index (χ0v) is 9.97. The molecule has 0 amide bonds. The van der Waals surface area contributed by atoms with Crippen LogP contribution in [-0.2, 0) is 0 Å². The Morgan fingerprint density at radius 2 is 1.61 bits per heavy atom. The molecular formula is C13H12O5. The molecule has 2 aromatic rings. The summed E-state index contributed by atoms with van der Waals surface area (Å²) in [5.74, 6) is 1.23. The van der Waals surface area contributed by atoms with E-state index in [1.807, 2.05) is 0 Å². The lowest BCUT2D eigenvalue weighted by Gasteiger charge is -2.07. The fourth-order valence-corrected chi connectivity index (χ4v) is 1.56. The van der Waals surface area contributed by atoms with Crippen molar-refractivity contribution in [1.82, 2.24) is 0 Å². The average molecular weight is 248 g/mol. The monoisotopic (exact) mass is 248 g/mol. The van der Waals surface area contributed by atoms with Gasteiger partial charge >= 0.3 is 5.63 Å². The first-order valence-corrected chi connectivity index (χ1v) is 5.20. The van der Waals surface area contributed by atoms with Crippen molar-refractivity contribution in [3.8, 4) is 28.6 Å². The lowest BCUT2D eigenvalue weighted by Crippen LogP contribution is -1.96. The van der Waals surface area contributed by atoms with Gasteiger partial charge in [0.2, 0.25) is 0 Å². The van der Waals surface area contributed by atoms with Gasteiger partial charge in [-0.25, -0.2) is 4.79 Å². The Balaban J connectivity index is 2.58. The van der Waals surface area contributed by atoms with Gasteiger partial charge in [-0.1, -0.05) is 0 Å². The minimum atomic E-state index is -0.619. The molecular weight excluding hydrogens is 236 g/mol. The van der Waals surface area contributed by atoms with E-state index in [2.05, 4.69) is 0 Å². The van der Waals surface area contributed by atoms with Crippen LogP contribution in [0.2, 0.25) is 0 Å². The highest BCUT2D eigenvalue weighted by molar-refractivity contribution is 5.63. The van der Waals surface area contributed by atoms with Crippen molar-refractivity contribution in [3.63, 3.8) is 0 Å². The van der Waals surface area contributed by atoms with Crippen LogP contribution in [0.15, 0.2) is 39.5 Å². The van der Waals surface area contributed by atoms with Crippen LogP contribution in [0, 0.1) is 0 Å². The number of hydrogen-bond acceptors (Lipinski definition) is 5. The molecule has 0 fully saturated rings. The molecule has 0 saturated carbocycles. The lowest BCUT2D eigenvalue weighted by molar-refractivity contribution is 0.394. The predicted octanol–water partition coefficient (Wildman–Crippen LogP) is 2.03. The van der Waals surface area contributed by atoms with Gasteiger partial charge in [0.1, 0.15) is 23.0 Å². The van der Waals surface area contributed by atoms with Crippen LogP contribution in [0.5, 0.6) is 17.2 Å². The molecule has 0 spiro atoms. The molecule has 0 aliphatic carbocycles. The Morgan fingerprint density at radius 3 is 2.11 bits per heavy atom. The average Bonchev–Trinajstić information content (AvgIpc) is 2.37. The first-order chi connectivity index (χ1) is 8.62. The largest absolute Gasteiger partial charge is 0.508 e.